The van der Waals surface area contributed by atoms with E-state index in [4.69, 9.17) is 18.0 Å². The van der Waals surface area contributed by atoms with E-state index in [2.05, 4.69) is 0 Å². The van der Waals surface area contributed by atoms with Crippen molar-refractivity contribution in [3.63, 3.8) is 0 Å². The lowest BCUT2D eigenvalue weighted by atomic mass is 10.3. The maximum atomic E-state index is 13.7. The van der Waals surface area contributed by atoms with E-state index in [-0.39, 0.29) is 28.9 Å². The van der Waals surface area contributed by atoms with Crippen LogP contribution in [0.4, 0.5) is 4.39 Å². The van der Waals surface area contributed by atoms with Crippen LogP contribution < -0.4 is 5.73 Å². The quantitative estimate of drug-likeness (QED) is 0.815. The normalized spacial score (nSPS) is 12.1. The number of hydrogen-bond acceptors (Lipinski definition) is 3. The predicted molar refractivity (Wildman–Crippen MR) is 76.8 cm³/mol. The standard InChI is InChI=1S/C12H17FN2O2S2/c1-9(2)15(8-7-12(14)18)19(16,17)11-6-4-3-5-10(11)13/h3-6,9H,7-8H2,1-2H3,(H2,14,18). The van der Waals surface area contributed by atoms with Crippen LogP contribution in [0.3, 0.4) is 0 Å². The molecule has 0 spiro atoms. The highest BCUT2D eigenvalue weighted by atomic mass is 32.2. The van der Waals surface area contributed by atoms with Gasteiger partial charge in [-0.2, -0.15) is 4.31 Å². The Hall–Kier alpha value is -1.05. The van der Waals surface area contributed by atoms with E-state index in [1.807, 2.05) is 0 Å². The van der Waals surface area contributed by atoms with Gasteiger partial charge in [-0.15, -0.1) is 0 Å². The molecule has 0 fully saturated rings. The fourth-order valence-corrected chi connectivity index (χ4v) is 3.45. The summed E-state index contributed by atoms with van der Waals surface area (Å²) in [6.07, 6.45) is 0.265. The fourth-order valence-electron chi connectivity index (χ4n) is 1.66. The molecule has 1 aromatic carbocycles. The van der Waals surface area contributed by atoms with Crippen LogP contribution in [0.1, 0.15) is 20.3 Å². The lowest BCUT2D eigenvalue weighted by molar-refractivity contribution is 0.360. The molecule has 1 aromatic rings. The molecule has 0 heterocycles. The minimum absolute atomic E-state index is 0.143. The number of hydrogen-bond donors (Lipinski definition) is 1. The van der Waals surface area contributed by atoms with E-state index in [0.717, 1.165) is 6.07 Å². The lowest BCUT2D eigenvalue weighted by Crippen LogP contribution is -2.39. The van der Waals surface area contributed by atoms with Gasteiger partial charge in [-0.25, -0.2) is 12.8 Å². The van der Waals surface area contributed by atoms with Gasteiger partial charge in [-0.1, -0.05) is 24.4 Å². The summed E-state index contributed by atoms with van der Waals surface area (Å²) in [6, 6.07) is 5.00. The summed E-state index contributed by atoms with van der Waals surface area (Å²) in [7, 11) is -3.88. The van der Waals surface area contributed by atoms with Crippen molar-refractivity contribution in [2.45, 2.75) is 31.2 Å². The van der Waals surface area contributed by atoms with E-state index < -0.39 is 15.8 Å². The number of rotatable bonds is 6. The van der Waals surface area contributed by atoms with Crippen molar-refractivity contribution in [2.24, 2.45) is 5.73 Å². The Labute approximate surface area is 118 Å². The minimum atomic E-state index is -3.88. The first-order valence-corrected chi connectivity index (χ1v) is 7.66. The molecule has 7 heteroatoms. The zero-order valence-corrected chi connectivity index (χ0v) is 12.5. The molecule has 2 N–H and O–H groups in total. The van der Waals surface area contributed by atoms with Gasteiger partial charge in [0.25, 0.3) is 0 Å². The molecular weight excluding hydrogens is 287 g/mol. The number of nitrogens with two attached hydrogens (primary N) is 1. The average molecular weight is 304 g/mol. The Morgan fingerprint density at radius 2 is 2.00 bits per heavy atom. The highest BCUT2D eigenvalue weighted by Gasteiger charge is 2.29. The van der Waals surface area contributed by atoms with Crippen LogP contribution in [0, 0.1) is 5.82 Å². The number of sulfonamides is 1. The molecule has 0 amide bonds. The van der Waals surface area contributed by atoms with Crippen LogP contribution >= 0.6 is 12.2 Å². The van der Waals surface area contributed by atoms with Gasteiger partial charge in [0, 0.05) is 19.0 Å². The summed E-state index contributed by atoms with van der Waals surface area (Å²) in [6.45, 7) is 3.58. The van der Waals surface area contributed by atoms with Gasteiger partial charge in [-0.3, -0.25) is 0 Å². The molecule has 0 saturated carbocycles. The van der Waals surface area contributed by atoms with Gasteiger partial charge >= 0.3 is 0 Å². The number of benzene rings is 1. The summed E-state index contributed by atoms with van der Waals surface area (Å²) in [4.78, 5) is -0.0963. The zero-order valence-electron chi connectivity index (χ0n) is 10.8. The largest absolute Gasteiger partial charge is 0.393 e. The van der Waals surface area contributed by atoms with Crippen LogP contribution in [0.5, 0.6) is 0 Å². The molecule has 0 aromatic heterocycles. The minimum Gasteiger partial charge on any atom is -0.393 e. The number of nitrogens with zero attached hydrogens (tertiary/aromatic N) is 1. The molecule has 0 saturated heterocycles. The molecular formula is C12H17FN2O2S2. The molecule has 106 valence electrons. The van der Waals surface area contributed by atoms with Gasteiger partial charge in [0.2, 0.25) is 10.0 Å². The summed E-state index contributed by atoms with van der Waals surface area (Å²) in [5.41, 5.74) is 5.39. The van der Waals surface area contributed by atoms with E-state index in [9.17, 15) is 12.8 Å². The van der Waals surface area contributed by atoms with Crippen molar-refractivity contribution in [3.05, 3.63) is 30.1 Å². The molecule has 0 radical (unpaired) electrons. The van der Waals surface area contributed by atoms with Crippen LogP contribution in [0.25, 0.3) is 0 Å². The third kappa shape index (κ3) is 3.95. The molecule has 0 aliphatic rings. The molecule has 19 heavy (non-hydrogen) atoms. The monoisotopic (exact) mass is 304 g/mol. The summed E-state index contributed by atoms with van der Waals surface area (Å²) >= 11 is 4.75. The van der Waals surface area contributed by atoms with Gasteiger partial charge < -0.3 is 5.73 Å². The first-order valence-electron chi connectivity index (χ1n) is 5.81. The molecule has 0 aliphatic carbocycles. The van der Waals surface area contributed by atoms with Crippen molar-refractivity contribution in [1.29, 1.82) is 0 Å². The topological polar surface area (TPSA) is 63.4 Å². The molecule has 1 rings (SSSR count). The van der Waals surface area contributed by atoms with Crippen molar-refractivity contribution in [1.82, 2.24) is 4.31 Å². The van der Waals surface area contributed by atoms with Gasteiger partial charge in [0.15, 0.2) is 0 Å². The average Bonchev–Trinajstić information content (AvgIpc) is 2.28. The van der Waals surface area contributed by atoms with Crippen LogP contribution in [-0.4, -0.2) is 30.3 Å². The highest BCUT2D eigenvalue weighted by Crippen LogP contribution is 2.21. The van der Waals surface area contributed by atoms with Gasteiger partial charge in [0.05, 0.1) is 4.99 Å². The summed E-state index contributed by atoms with van der Waals surface area (Å²) in [5, 5.41) is 0. The SMILES string of the molecule is CC(C)N(CCC(N)=S)S(=O)(=O)c1ccccc1F. The van der Waals surface area contributed by atoms with Gasteiger partial charge in [0.1, 0.15) is 10.7 Å². The molecule has 0 aliphatic heterocycles. The predicted octanol–water partition coefficient (Wildman–Crippen LogP) is 1.90. The second kappa shape index (κ2) is 6.40. The maximum absolute atomic E-state index is 13.7. The van der Waals surface area contributed by atoms with E-state index in [1.54, 1.807) is 13.8 Å². The molecule has 0 unspecified atom stereocenters. The third-order valence-electron chi connectivity index (χ3n) is 2.58. The molecule has 4 nitrogen and oxygen atoms in total. The highest BCUT2D eigenvalue weighted by molar-refractivity contribution is 7.89. The van der Waals surface area contributed by atoms with Crippen molar-refractivity contribution in [2.75, 3.05) is 6.54 Å². The van der Waals surface area contributed by atoms with E-state index >= 15 is 0 Å². The Kier molecular flexibility index (Phi) is 5.39. The number of thiocarbonyl (C=S) groups is 1. The summed E-state index contributed by atoms with van der Waals surface area (Å²) in [5.74, 6) is -0.761. The van der Waals surface area contributed by atoms with Crippen LogP contribution in [-0.2, 0) is 10.0 Å². The van der Waals surface area contributed by atoms with E-state index in [0.29, 0.717) is 0 Å². The summed E-state index contributed by atoms with van der Waals surface area (Å²) < 4.78 is 39.7. The smallest absolute Gasteiger partial charge is 0.246 e. The van der Waals surface area contributed by atoms with Crippen molar-refractivity contribution in [3.8, 4) is 0 Å². The lowest BCUT2D eigenvalue weighted by Gasteiger charge is -2.25. The molecule has 0 atom stereocenters. The maximum Gasteiger partial charge on any atom is 0.246 e. The third-order valence-corrected chi connectivity index (χ3v) is 4.89. The Bertz CT molecular complexity index is 559. The first-order chi connectivity index (χ1) is 8.76. The first kappa shape index (κ1) is 16.0. The second-order valence-corrected chi connectivity index (χ2v) is 6.74. The van der Waals surface area contributed by atoms with Crippen LogP contribution in [0.2, 0.25) is 0 Å². The molecule has 0 bridgehead atoms. The van der Waals surface area contributed by atoms with Crippen molar-refractivity contribution < 1.29 is 12.8 Å². The van der Waals surface area contributed by atoms with Gasteiger partial charge in [-0.05, 0) is 26.0 Å². The zero-order chi connectivity index (χ0) is 14.6. The Morgan fingerprint density at radius 1 is 1.42 bits per heavy atom. The number of halogens is 1. The Balaban J connectivity index is 3.14. The van der Waals surface area contributed by atoms with Crippen LogP contribution in [0.15, 0.2) is 29.2 Å². The van der Waals surface area contributed by atoms with Crippen molar-refractivity contribution >= 4 is 27.2 Å². The fraction of sp³-hybridized carbons (Fsp3) is 0.417. The Morgan fingerprint density at radius 3 is 2.47 bits per heavy atom. The van der Waals surface area contributed by atoms with E-state index in [1.165, 1.54) is 22.5 Å². The second-order valence-electron chi connectivity index (χ2n) is 4.36.